The lowest BCUT2D eigenvalue weighted by Crippen LogP contribution is -2.22. The lowest BCUT2D eigenvalue weighted by atomic mass is 10.1. The van der Waals surface area contributed by atoms with Gasteiger partial charge >= 0.3 is 0 Å². The van der Waals surface area contributed by atoms with Crippen LogP contribution in [0.3, 0.4) is 0 Å². The van der Waals surface area contributed by atoms with E-state index in [2.05, 4.69) is 15.1 Å². The summed E-state index contributed by atoms with van der Waals surface area (Å²) in [5.41, 5.74) is 3.50. The molecule has 0 unspecified atom stereocenters. The third-order valence-corrected chi connectivity index (χ3v) is 4.60. The molecule has 0 amide bonds. The van der Waals surface area contributed by atoms with Gasteiger partial charge in [0.15, 0.2) is 0 Å². The average molecular weight is 347 g/mol. The summed E-state index contributed by atoms with van der Waals surface area (Å²) >= 11 is 0. The Morgan fingerprint density at radius 1 is 0.962 bits per heavy atom. The molecule has 0 radical (unpaired) electrons. The molecular formula is C19H17N5O2. The van der Waals surface area contributed by atoms with Crippen LogP contribution in [-0.4, -0.2) is 24.3 Å². The molecule has 130 valence electrons. The molecule has 3 heterocycles. The molecule has 0 saturated heterocycles. The third-order valence-electron chi connectivity index (χ3n) is 4.60. The second kappa shape index (κ2) is 5.80. The van der Waals surface area contributed by atoms with Gasteiger partial charge in [-0.25, -0.2) is 9.97 Å². The van der Waals surface area contributed by atoms with Crippen LogP contribution >= 0.6 is 0 Å². The van der Waals surface area contributed by atoms with E-state index in [0.717, 1.165) is 16.8 Å². The molecule has 26 heavy (non-hydrogen) atoms. The monoisotopic (exact) mass is 347 g/mol. The number of nitrogens with one attached hydrogen (secondary N) is 1. The number of hydrogen-bond acceptors (Lipinski definition) is 4. The number of aryl methyl sites for hydroxylation is 3. The molecule has 4 aromatic rings. The van der Waals surface area contributed by atoms with Gasteiger partial charge in [-0.15, -0.1) is 0 Å². The minimum Gasteiger partial charge on any atom is -0.287 e. The number of aromatic nitrogens is 5. The van der Waals surface area contributed by atoms with Crippen LogP contribution < -0.4 is 11.1 Å². The SMILES string of the molecule is Cc1ccc(-n2c(C)c3c(=O)n(-c4ncccn4)[nH]c3cc2=O)cc1C. The van der Waals surface area contributed by atoms with Crippen LogP contribution in [0.4, 0.5) is 0 Å². The minimum atomic E-state index is -0.290. The van der Waals surface area contributed by atoms with Gasteiger partial charge in [0, 0.05) is 29.8 Å². The summed E-state index contributed by atoms with van der Waals surface area (Å²) in [7, 11) is 0. The van der Waals surface area contributed by atoms with Crippen molar-refractivity contribution < 1.29 is 0 Å². The van der Waals surface area contributed by atoms with Crippen LogP contribution in [0.25, 0.3) is 22.5 Å². The van der Waals surface area contributed by atoms with E-state index < -0.39 is 0 Å². The van der Waals surface area contributed by atoms with Crippen molar-refractivity contribution in [2.75, 3.05) is 0 Å². The van der Waals surface area contributed by atoms with Gasteiger partial charge in [0.2, 0.25) is 0 Å². The van der Waals surface area contributed by atoms with Gasteiger partial charge in [-0.1, -0.05) is 6.07 Å². The molecular weight excluding hydrogens is 330 g/mol. The summed E-state index contributed by atoms with van der Waals surface area (Å²) in [4.78, 5) is 33.8. The smallest absolute Gasteiger partial charge is 0.283 e. The van der Waals surface area contributed by atoms with Crippen molar-refractivity contribution in [2.24, 2.45) is 0 Å². The highest BCUT2D eigenvalue weighted by molar-refractivity contribution is 5.81. The van der Waals surface area contributed by atoms with E-state index in [1.54, 1.807) is 30.0 Å². The number of nitrogens with zero attached hydrogens (tertiary/aromatic N) is 4. The Morgan fingerprint density at radius 2 is 1.69 bits per heavy atom. The topological polar surface area (TPSA) is 85.6 Å². The number of H-pyrrole nitrogens is 1. The highest BCUT2D eigenvalue weighted by Gasteiger charge is 2.17. The predicted molar refractivity (Wildman–Crippen MR) is 99.3 cm³/mol. The van der Waals surface area contributed by atoms with Crippen molar-refractivity contribution in [1.29, 1.82) is 0 Å². The zero-order valence-electron chi connectivity index (χ0n) is 14.6. The maximum atomic E-state index is 12.9. The maximum absolute atomic E-state index is 12.9. The molecule has 0 spiro atoms. The van der Waals surface area contributed by atoms with Crippen LogP contribution in [0.2, 0.25) is 0 Å². The molecule has 7 heteroatoms. The fourth-order valence-corrected chi connectivity index (χ4v) is 3.11. The summed E-state index contributed by atoms with van der Waals surface area (Å²) in [6, 6.07) is 8.90. The molecule has 0 aliphatic carbocycles. The van der Waals surface area contributed by atoms with Crippen LogP contribution in [0.5, 0.6) is 0 Å². The van der Waals surface area contributed by atoms with Crippen LogP contribution in [0, 0.1) is 20.8 Å². The van der Waals surface area contributed by atoms with Crippen LogP contribution in [0.1, 0.15) is 16.8 Å². The molecule has 0 aliphatic heterocycles. The lowest BCUT2D eigenvalue weighted by molar-refractivity contribution is 0.793. The molecule has 1 aromatic carbocycles. The molecule has 0 bridgehead atoms. The Morgan fingerprint density at radius 3 is 2.38 bits per heavy atom. The Balaban J connectivity index is 2.03. The van der Waals surface area contributed by atoms with Gasteiger partial charge in [0.25, 0.3) is 17.1 Å². The fraction of sp³-hybridized carbons (Fsp3) is 0.158. The van der Waals surface area contributed by atoms with Crippen molar-refractivity contribution >= 4 is 10.9 Å². The number of pyridine rings is 1. The Kier molecular flexibility index (Phi) is 3.57. The minimum absolute atomic E-state index is 0.208. The number of aromatic amines is 1. The van der Waals surface area contributed by atoms with Crippen molar-refractivity contribution in [3.8, 4) is 11.6 Å². The normalized spacial score (nSPS) is 11.2. The fourth-order valence-electron chi connectivity index (χ4n) is 3.11. The molecule has 7 nitrogen and oxygen atoms in total. The Labute approximate surface area is 148 Å². The molecule has 4 rings (SSSR count). The largest absolute Gasteiger partial charge is 0.287 e. The maximum Gasteiger partial charge on any atom is 0.283 e. The summed E-state index contributed by atoms with van der Waals surface area (Å²) in [6.07, 6.45) is 3.11. The van der Waals surface area contributed by atoms with Crippen molar-refractivity contribution in [1.82, 2.24) is 24.3 Å². The molecule has 1 N–H and O–H groups in total. The van der Waals surface area contributed by atoms with E-state index in [-0.39, 0.29) is 17.1 Å². The highest BCUT2D eigenvalue weighted by Crippen LogP contribution is 2.18. The lowest BCUT2D eigenvalue weighted by Gasteiger charge is -2.12. The van der Waals surface area contributed by atoms with Gasteiger partial charge in [0.1, 0.15) is 0 Å². The van der Waals surface area contributed by atoms with E-state index >= 15 is 0 Å². The van der Waals surface area contributed by atoms with Gasteiger partial charge in [0.05, 0.1) is 10.9 Å². The first-order valence-electron chi connectivity index (χ1n) is 8.20. The first-order valence-corrected chi connectivity index (χ1v) is 8.20. The standard InChI is InChI=1S/C19H17N5O2/c1-11-5-6-14(9-12(11)2)23-13(3)17-15(10-16(23)25)22-24(18(17)26)19-20-7-4-8-21-19/h4-10,22H,1-3H3. The number of hydrogen-bond donors (Lipinski definition) is 1. The van der Waals surface area contributed by atoms with E-state index in [9.17, 15) is 9.59 Å². The van der Waals surface area contributed by atoms with Gasteiger partial charge in [-0.05, 0) is 50.1 Å². The molecule has 0 fully saturated rings. The highest BCUT2D eigenvalue weighted by atomic mass is 16.1. The van der Waals surface area contributed by atoms with Crippen molar-refractivity contribution in [3.63, 3.8) is 0 Å². The average Bonchev–Trinajstić information content (AvgIpc) is 2.95. The van der Waals surface area contributed by atoms with Gasteiger partial charge in [-0.3, -0.25) is 19.3 Å². The third kappa shape index (κ3) is 2.36. The number of fused-ring (bicyclic) bond motifs is 1. The zero-order valence-corrected chi connectivity index (χ0v) is 14.6. The quantitative estimate of drug-likeness (QED) is 0.602. The van der Waals surface area contributed by atoms with E-state index in [0.29, 0.717) is 16.6 Å². The van der Waals surface area contributed by atoms with Crippen LogP contribution in [-0.2, 0) is 0 Å². The molecule has 0 saturated carbocycles. The van der Waals surface area contributed by atoms with Gasteiger partial charge < -0.3 is 0 Å². The first-order chi connectivity index (χ1) is 12.5. The van der Waals surface area contributed by atoms with Gasteiger partial charge in [-0.2, -0.15) is 4.68 Å². The second-order valence-corrected chi connectivity index (χ2v) is 6.26. The van der Waals surface area contributed by atoms with E-state index in [1.807, 2.05) is 32.0 Å². The second-order valence-electron chi connectivity index (χ2n) is 6.26. The molecule has 0 atom stereocenters. The summed E-state index contributed by atoms with van der Waals surface area (Å²) in [6.45, 7) is 5.78. The summed E-state index contributed by atoms with van der Waals surface area (Å²) < 4.78 is 2.81. The van der Waals surface area contributed by atoms with E-state index in [1.165, 1.54) is 10.7 Å². The summed E-state index contributed by atoms with van der Waals surface area (Å²) in [5, 5.41) is 3.37. The molecule has 0 aliphatic rings. The van der Waals surface area contributed by atoms with Crippen molar-refractivity contribution in [2.45, 2.75) is 20.8 Å². The number of rotatable bonds is 2. The Hall–Kier alpha value is -3.48. The zero-order chi connectivity index (χ0) is 18.4. The van der Waals surface area contributed by atoms with Crippen LogP contribution in [0.15, 0.2) is 52.3 Å². The summed E-state index contributed by atoms with van der Waals surface area (Å²) in [5.74, 6) is 0.235. The molecule has 3 aromatic heterocycles. The van der Waals surface area contributed by atoms with Crippen molar-refractivity contribution in [3.05, 3.63) is 80.3 Å². The number of benzene rings is 1. The predicted octanol–water partition coefficient (Wildman–Crippen LogP) is 2.18. The Bertz CT molecular complexity index is 1250. The first kappa shape index (κ1) is 16.0. The van der Waals surface area contributed by atoms with E-state index in [4.69, 9.17) is 0 Å².